The molecule has 8 nitrogen and oxygen atoms in total. The number of hydrogen-bond acceptors (Lipinski definition) is 6. The van der Waals surface area contributed by atoms with Gasteiger partial charge in [-0.1, -0.05) is 18.2 Å². The van der Waals surface area contributed by atoms with E-state index < -0.39 is 0 Å². The van der Waals surface area contributed by atoms with Crippen molar-refractivity contribution in [3.63, 3.8) is 0 Å². The number of para-hydroxylation sites is 1. The molecule has 0 aromatic heterocycles. The second kappa shape index (κ2) is 14.8. The summed E-state index contributed by atoms with van der Waals surface area (Å²) in [5.74, 6) is 3.12. The molecule has 2 aromatic carbocycles. The highest BCUT2D eigenvalue weighted by Crippen LogP contribution is 2.24. The van der Waals surface area contributed by atoms with Crippen molar-refractivity contribution < 1.29 is 18.9 Å². The molecule has 1 aliphatic rings. The molecular formula is C24H35IN4O4. The lowest BCUT2D eigenvalue weighted by molar-refractivity contribution is 0.0322. The zero-order valence-electron chi connectivity index (χ0n) is 19.6. The van der Waals surface area contributed by atoms with Crippen LogP contribution in [0, 0.1) is 0 Å². The molecule has 0 atom stereocenters. The number of benzene rings is 2. The number of morpholine rings is 1. The zero-order valence-corrected chi connectivity index (χ0v) is 22.0. The lowest BCUT2D eigenvalue weighted by Gasteiger charge is -2.26. The Labute approximate surface area is 213 Å². The Hall–Kier alpha value is -2.24. The van der Waals surface area contributed by atoms with Crippen LogP contribution in [0.4, 0.5) is 0 Å². The van der Waals surface area contributed by atoms with Gasteiger partial charge >= 0.3 is 0 Å². The van der Waals surface area contributed by atoms with Gasteiger partial charge in [-0.25, -0.2) is 0 Å². The van der Waals surface area contributed by atoms with Gasteiger partial charge in [0.15, 0.2) is 5.96 Å². The standard InChI is InChI=1S/C24H34N4O4.HI/c1-25-24(27-18-20-8-9-21(29-2)16-23(20)30-3)26-17-19-6-4-5-7-22(19)32-15-12-28-10-13-31-14-11-28;/h4-9,16H,10-15,17-18H2,1-3H3,(H2,25,26,27);1H. The summed E-state index contributed by atoms with van der Waals surface area (Å²) in [7, 11) is 5.05. The molecule has 0 amide bonds. The van der Waals surface area contributed by atoms with Gasteiger partial charge in [0.2, 0.25) is 0 Å². The van der Waals surface area contributed by atoms with E-state index in [1.54, 1.807) is 21.3 Å². The Morgan fingerprint density at radius 2 is 1.67 bits per heavy atom. The van der Waals surface area contributed by atoms with E-state index in [0.717, 1.165) is 61.2 Å². The van der Waals surface area contributed by atoms with Crippen molar-refractivity contribution in [2.45, 2.75) is 13.1 Å². The van der Waals surface area contributed by atoms with Gasteiger partial charge in [0, 0.05) is 57.0 Å². The first-order valence-corrected chi connectivity index (χ1v) is 10.9. The monoisotopic (exact) mass is 570 g/mol. The second-order valence-corrected chi connectivity index (χ2v) is 7.37. The minimum Gasteiger partial charge on any atom is -0.497 e. The lowest BCUT2D eigenvalue weighted by atomic mass is 10.2. The van der Waals surface area contributed by atoms with Crippen molar-refractivity contribution in [1.82, 2.24) is 15.5 Å². The molecule has 182 valence electrons. The Balaban J connectivity index is 0.00000385. The number of ether oxygens (including phenoxy) is 4. The molecule has 3 rings (SSSR count). The topological polar surface area (TPSA) is 76.6 Å². The summed E-state index contributed by atoms with van der Waals surface area (Å²) in [5.41, 5.74) is 2.10. The molecule has 9 heteroatoms. The molecule has 0 spiro atoms. The van der Waals surface area contributed by atoms with Crippen LogP contribution in [0.5, 0.6) is 17.2 Å². The number of hydrogen-bond donors (Lipinski definition) is 2. The molecule has 1 aliphatic heterocycles. The van der Waals surface area contributed by atoms with Gasteiger partial charge in [-0.05, 0) is 18.2 Å². The fourth-order valence-corrected chi connectivity index (χ4v) is 3.48. The van der Waals surface area contributed by atoms with Crippen LogP contribution in [0.3, 0.4) is 0 Å². The zero-order chi connectivity index (χ0) is 22.6. The van der Waals surface area contributed by atoms with Crippen molar-refractivity contribution in [2.75, 3.05) is 60.7 Å². The van der Waals surface area contributed by atoms with Crippen LogP contribution in [0.1, 0.15) is 11.1 Å². The highest BCUT2D eigenvalue weighted by molar-refractivity contribution is 14.0. The van der Waals surface area contributed by atoms with Gasteiger partial charge in [-0.15, -0.1) is 24.0 Å². The largest absolute Gasteiger partial charge is 0.497 e. The molecule has 0 radical (unpaired) electrons. The summed E-state index contributed by atoms with van der Waals surface area (Å²) in [5, 5.41) is 6.70. The van der Waals surface area contributed by atoms with Crippen LogP contribution in [0.15, 0.2) is 47.5 Å². The van der Waals surface area contributed by atoms with Crippen molar-refractivity contribution in [1.29, 1.82) is 0 Å². The number of halogens is 1. The number of aliphatic imine (C=N–C) groups is 1. The SMILES string of the molecule is CN=C(NCc1ccc(OC)cc1OC)NCc1ccccc1OCCN1CCOCC1.I. The van der Waals surface area contributed by atoms with Crippen molar-refractivity contribution in [2.24, 2.45) is 4.99 Å². The first-order chi connectivity index (χ1) is 15.7. The summed E-state index contributed by atoms with van der Waals surface area (Å²) in [6.07, 6.45) is 0. The second-order valence-electron chi connectivity index (χ2n) is 7.37. The highest BCUT2D eigenvalue weighted by atomic mass is 127. The molecule has 0 aliphatic carbocycles. The summed E-state index contributed by atoms with van der Waals surface area (Å²) in [6.45, 7) is 6.27. The fourth-order valence-electron chi connectivity index (χ4n) is 3.48. The third kappa shape index (κ3) is 8.56. The molecule has 0 saturated carbocycles. The van der Waals surface area contributed by atoms with Gasteiger partial charge in [0.05, 0.1) is 27.4 Å². The summed E-state index contributed by atoms with van der Waals surface area (Å²) in [6, 6.07) is 13.9. The fraction of sp³-hybridized carbons (Fsp3) is 0.458. The van der Waals surface area contributed by atoms with Gasteiger partial charge in [-0.2, -0.15) is 0 Å². The van der Waals surface area contributed by atoms with E-state index in [2.05, 4.69) is 26.6 Å². The van der Waals surface area contributed by atoms with E-state index in [1.165, 1.54) is 0 Å². The van der Waals surface area contributed by atoms with E-state index in [9.17, 15) is 0 Å². The van der Waals surface area contributed by atoms with Gasteiger partial charge < -0.3 is 29.6 Å². The van der Waals surface area contributed by atoms with E-state index in [4.69, 9.17) is 18.9 Å². The summed E-state index contributed by atoms with van der Waals surface area (Å²) >= 11 is 0. The van der Waals surface area contributed by atoms with Gasteiger partial charge in [0.1, 0.15) is 23.9 Å². The molecule has 1 saturated heterocycles. The molecule has 1 heterocycles. The third-order valence-corrected chi connectivity index (χ3v) is 5.35. The third-order valence-electron chi connectivity index (χ3n) is 5.35. The van der Waals surface area contributed by atoms with E-state index in [0.29, 0.717) is 25.7 Å². The quantitative estimate of drug-likeness (QED) is 0.259. The van der Waals surface area contributed by atoms with E-state index >= 15 is 0 Å². The van der Waals surface area contributed by atoms with Crippen LogP contribution >= 0.6 is 24.0 Å². The summed E-state index contributed by atoms with van der Waals surface area (Å²) < 4.78 is 22.2. The molecule has 1 fully saturated rings. The average Bonchev–Trinajstić information content (AvgIpc) is 2.85. The first kappa shape index (κ1) is 27.0. The molecule has 0 unspecified atom stereocenters. The number of nitrogens with one attached hydrogen (secondary N) is 2. The van der Waals surface area contributed by atoms with Gasteiger partial charge in [0.25, 0.3) is 0 Å². The molecule has 0 bridgehead atoms. The van der Waals surface area contributed by atoms with Gasteiger partial charge in [-0.3, -0.25) is 9.89 Å². The molecule has 33 heavy (non-hydrogen) atoms. The molecular weight excluding hydrogens is 535 g/mol. The van der Waals surface area contributed by atoms with Crippen molar-refractivity contribution >= 4 is 29.9 Å². The van der Waals surface area contributed by atoms with Crippen LogP contribution in [-0.4, -0.2) is 71.6 Å². The van der Waals surface area contributed by atoms with Crippen LogP contribution in [0.25, 0.3) is 0 Å². The maximum Gasteiger partial charge on any atom is 0.191 e. The Bertz CT molecular complexity index is 875. The maximum absolute atomic E-state index is 6.08. The van der Waals surface area contributed by atoms with Crippen molar-refractivity contribution in [3.8, 4) is 17.2 Å². The molecule has 2 aromatic rings. The number of methoxy groups -OCH3 is 2. The number of guanidine groups is 1. The average molecular weight is 570 g/mol. The highest BCUT2D eigenvalue weighted by Gasteiger charge is 2.11. The van der Waals surface area contributed by atoms with E-state index in [-0.39, 0.29) is 24.0 Å². The van der Waals surface area contributed by atoms with Crippen LogP contribution < -0.4 is 24.8 Å². The normalized spacial score (nSPS) is 14.2. The van der Waals surface area contributed by atoms with Crippen molar-refractivity contribution in [3.05, 3.63) is 53.6 Å². The predicted octanol–water partition coefficient (Wildman–Crippen LogP) is 2.90. The minimum atomic E-state index is 0. The minimum absolute atomic E-state index is 0. The lowest BCUT2D eigenvalue weighted by Crippen LogP contribution is -2.38. The Morgan fingerprint density at radius 3 is 2.33 bits per heavy atom. The Morgan fingerprint density at radius 1 is 0.970 bits per heavy atom. The number of nitrogens with zero attached hydrogens (tertiary/aromatic N) is 2. The van der Waals surface area contributed by atoms with E-state index in [1.807, 2.05) is 36.4 Å². The number of rotatable bonds is 10. The first-order valence-electron chi connectivity index (χ1n) is 10.9. The predicted molar refractivity (Wildman–Crippen MR) is 141 cm³/mol. The maximum atomic E-state index is 6.08. The Kier molecular flexibility index (Phi) is 12.1. The van der Waals surface area contributed by atoms with Crippen LogP contribution in [-0.2, 0) is 17.8 Å². The smallest absolute Gasteiger partial charge is 0.191 e. The summed E-state index contributed by atoms with van der Waals surface area (Å²) in [4.78, 5) is 6.69. The molecule has 2 N–H and O–H groups in total. The van der Waals surface area contributed by atoms with Crippen LogP contribution in [0.2, 0.25) is 0 Å².